The third-order valence-corrected chi connectivity index (χ3v) is 3.33. The molecule has 1 aliphatic carbocycles. The molecule has 2 rings (SSSR count). The van der Waals surface area contributed by atoms with Crippen LogP contribution < -0.4 is 0 Å². The van der Waals surface area contributed by atoms with E-state index in [4.69, 9.17) is 5.11 Å². The summed E-state index contributed by atoms with van der Waals surface area (Å²) in [4.78, 5) is 18.5. The van der Waals surface area contributed by atoms with E-state index in [9.17, 15) is 13.6 Å². The summed E-state index contributed by atoms with van der Waals surface area (Å²) in [6.07, 6.45) is 0.871. The van der Waals surface area contributed by atoms with Crippen LogP contribution in [0.1, 0.15) is 60.4 Å². The molecule has 1 aromatic heterocycles. The largest absolute Gasteiger partial charge is 0.478 e. The quantitative estimate of drug-likeness (QED) is 0.902. The van der Waals surface area contributed by atoms with Crippen LogP contribution in [0.15, 0.2) is 6.20 Å². The molecule has 0 radical (unpaired) electrons. The lowest BCUT2D eigenvalue weighted by atomic mass is 10.1. The number of hydrogen-bond donors (Lipinski definition) is 1. The standard InChI is InChI=1S/C12H14F2N2O2/c1-6-2-3-7(4-6)11-15-5-8(12(17)18)9(16-11)10(13)14/h5-7,10H,2-4H2,1H3,(H,17,18). The lowest BCUT2D eigenvalue weighted by Gasteiger charge is -2.11. The van der Waals surface area contributed by atoms with Crippen LogP contribution >= 0.6 is 0 Å². The van der Waals surface area contributed by atoms with Crippen LogP contribution in [-0.4, -0.2) is 21.0 Å². The van der Waals surface area contributed by atoms with Gasteiger partial charge >= 0.3 is 5.97 Å². The van der Waals surface area contributed by atoms with Crippen molar-refractivity contribution in [3.63, 3.8) is 0 Å². The SMILES string of the molecule is CC1CCC(c2ncc(C(=O)O)c(C(F)F)n2)C1. The number of carbonyl (C=O) groups is 1. The number of aromatic nitrogens is 2. The second kappa shape index (κ2) is 4.96. The van der Waals surface area contributed by atoms with Crippen molar-refractivity contribution in [3.8, 4) is 0 Å². The number of halogens is 2. The smallest absolute Gasteiger partial charge is 0.339 e. The number of hydrogen-bond acceptors (Lipinski definition) is 3. The molecule has 0 aliphatic heterocycles. The maximum absolute atomic E-state index is 12.8. The molecule has 18 heavy (non-hydrogen) atoms. The van der Waals surface area contributed by atoms with Crippen LogP contribution in [0.3, 0.4) is 0 Å². The zero-order chi connectivity index (χ0) is 13.3. The molecule has 1 aliphatic rings. The Kier molecular flexibility index (Phi) is 3.54. The zero-order valence-corrected chi connectivity index (χ0v) is 9.94. The highest BCUT2D eigenvalue weighted by Crippen LogP contribution is 2.37. The van der Waals surface area contributed by atoms with E-state index in [0.29, 0.717) is 11.7 Å². The van der Waals surface area contributed by atoms with Gasteiger partial charge in [-0.15, -0.1) is 0 Å². The molecule has 1 heterocycles. The van der Waals surface area contributed by atoms with Crippen molar-refractivity contribution in [2.24, 2.45) is 5.92 Å². The maximum atomic E-state index is 12.8. The van der Waals surface area contributed by atoms with Crippen molar-refractivity contribution in [3.05, 3.63) is 23.3 Å². The fraction of sp³-hybridized carbons (Fsp3) is 0.583. The number of aromatic carboxylic acids is 1. The van der Waals surface area contributed by atoms with Crippen LogP contribution in [-0.2, 0) is 0 Å². The van der Waals surface area contributed by atoms with Gasteiger partial charge in [0.05, 0.1) is 0 Å². The molecule has 98 valence electrons. The van der Waals surface area contributed by atoms with Gasteiger partial charge in [0.15, 0.2) is 0 Å². The second-order valence-electron chi connectivity index (χ2n) is 4.75. The van der Waals surface area contributed by atoms with E-state index in [1.807, 2.05) is 0 Å². The minimum absolute atomic E-state index is 0.0698. The Balaban J connectivity index is 2.34. The van der Waals surface area contributed by atoms with Crippen LogP contribution in [0.2, 0.25) is 0 Å². The number of carboxylic acid groups (broad SMARTS) is 1. The Morgan fingerprint density at radius 2 is 2.22 bits per heavy atom. The summed E-state index contributed by atoms with van der Waals surface area (Å²) in [7, 11) is 0. The summed E-state index contributed by atoms with van der Waals surface area (Å²) in [6.45, 7) is 2.10. The Morgan fingerprint density at radius 1 is 1.50 bits per heavy atom. The molecule has 1 aromatic rings. The Morgan fingerprint density at radius 3 is 2.72 bits per heavy atom. The van der Waals surface area contributed by atoms with E-state index in [0.717, 1.165) is 25.5 Å². The molecule has 2 unspecified atom stereocenters. The van der Waals surface area contributed by atoms with E-state index >= 15 is 0 Å². The molecule has 1 N–H and O–H groups in total. The molecule has 1 fully saturated rings. The summed E-state index contributed by atoms with van der Waals surface area (Å²) >= 11 is 0. The Hall–Kier alpha value is -1.59. The molecular weight excluding hydrogens is 242 g/mol. The summed E-state index contributed by atoms with van der Waals surface area (Å²) in [5.74, 6) is -0.468. The van der Waals surface area contributed by atoms with Gasteiger partial charge in [-0.2, -0.15) is 0 Å². The first kappa shape index (κ1) is 12.9. The lowest BCUT2D eigenvalue weighted by Crippen LogP contribution is -2.11. The highest BCUT2D eigenvalue weighted by molar-refractivity contribution is 5.88. The van der Waals surface area contributed by atoms with Gasteiger partial charge in [-0.1, -0.05) is 6.92 Å². The number of rotatable bonds is 3. The molecular formula is C12H14F2N2O2. The molecule has 4 nitrogen and oxygen atoms in total. The average Bonchev–Trinajstić information content (AvgIpc) is 2.75. The summed E-state index contributed by atoms with van der Waals surface area (Å²) < 4.78 is 25.6. The normalized spacial score (nSPS) is 23.6. The first-order valence-electron chi connectivity index (χ1n) is 5.87. The fourth-order valence-corrected chi connectivity index (χ4v) is 2.38. The van der Waals surface area contributed by atoms with E-state index in [1.165, 1.54) is 0 Å². The molecule has 0 spiro atoms. The highest BCUT2D eigenvalue weighted by Gasteiger charge is 2.28. The van der Waals surface area contributed by atoms with Crippen LogP contribution in [0.5, 0.6) is 0 Å². The van der Waals surface area contributed by atoms with Gasteiger partial charge in [0.25, 0.3) is 6.43 Å². The minimum atomic E-state index is -2.89. The summed E-state index contributed by atoms with van der Waals surface area (Å²) in [6, 6.07) is 0. The van der Waals surface area contributed by atoms with Gasteiger partial charge < -0.3 is 5.11 Å². The topological polar surface area (TPSA) is 63.1 Å². The van der Waals surface area contributed by atoms with E-state index < -0.39 is 23.7 Å². The van der Waals surface area contributed by atoms with E-state index in [-0.39, 0.29) is 5.92 Å². The molecule has 0 bridgehead atoms. The van der Waals surface area contributed by atoms with Gasteiger partial charge in [-0.25, -0.2) is 23.5 Å². The van der Waals surface area contributed by atoms with Crippen LogP contribution in [0.25, 0.3) is 0 Å². The van der Waals surface area contributed by atoms with Crippen LogP contribution in [0, 0.1) is 5.92 Å². The third-order valence-electron chi connectivity index (χ3n) is 3.33. The van der Waals surface area contributed by atoms with Crippen LogP contribution in [0.4, 0.5) is 8.78 Å². The van der Waals surface area contributed by atoms with Crippen molar-refractivity contribution in [2.75, 3.05) is 0 Å². The van der Waals surface area contributed by atoms with E-state index in [2.05, 4.69) is 16.9 Å². The predicted molar refractivity (Wildman–Crippen MR) is 59.7 cm³/mol. The van der Waals surface area contributed by atoms with Crippen molar-refractivity contribution in [2.45, 2.75) is 38.5 Å². The molecule has 0 aromatic carbocycles. The molecule has 0 amide bonds. The maximum Gasteiger partial charge on any atom is 0.339 e. The molecule has 6 heteroatoms. The fourth-order valence-electron chi connectivity index (χ4n) is 2.38. The van der Waals surface area contributed by atoms with E-state index in [1.54, 1.807) is 0 Å². The van der Waals surface area contributed by atoms with Gasteiger partial charge in [0.2, 0.25) is 0 Å². The minimum Gasteiger partial charge on any atom is -0.478 e. The van der Waals surface area contributed by atoms with Gasteiger partial charge in [0, 0.05) is 12.1 Å². The predicted octanol–water partition coefficient (Wildman–Crippen LogP) is 3.02. The molecule has 0 saturated heterocycles. The molecule has 1 saturated carbocycles. The lowest BCUT2D eigenvalue weighted by molar-refractivity contribution is 0.0681. The van der Waals surface area contributed by atoms with Crippen molar-refractivity contribution < 1.29 is 18.7 Å². The number of carboxylic acids is 1. The first-order chi connectivity index (χ1) is 8.49. The van der Waals surface area contributed by atoms with Gasteiger partial charge in [-0.3, -0.25) is 0 Å². The molecule has 2 atom stereocenters. The second-order valence-corrected chi connectivity index (χ2v) is 4.75. The highest BCUT2D eigenvalue weighted by atomic mass is 19.3. The first-order valence-corrected chi connectivity index (χ1v) is 5.87. The zero-order valence-electron chi connectivity index (χ0n) is 9.94. The number of alkyl halides is 2. The summed E-state index contributed by atoms with van der Waals surface area (Å²) in [5, 5.41) is 8.80. The van der Waals surface area contributed by atoms with Crippen molar-refractivity contribution >= 4 is 5.97 Å². The monoisotopic (exact) mass is 256 g/mol. The van der Waals surface area contributed by atoms with Crippen molar-refractivity contribution in [1.29, 1.82) is 0 Å². The number of nitrogens with zero attached hydrogens (tertiary/aromatic N) is 2. The van der Waals surface area contributed by atoms with Gasteiger partial charge in [-0.05, 0) is 25.2 Å². The average molecular weight is 256 g/mol. The summed E-state index contributed by atoms with van der Waals surface area (Å²) in [5.41, 5.74) is -1.19. The Bertz CT molecular complexity index is 465. The van der Waals surface area contributed by atoms with Crippen molar-refractivity contribution in [1.82, 2.24) is 9.97 Å². The Labute approximate surface area is 103 Å². The van der Waals surface area contributed by atoms with Gasteiger partial charge in [0.1, 0.15) is 17.1 Å². The third kappa shape index (κ3) is 2.47.